The molecule has 3 rings (SSSR count). The highest BCUT2D eigenvalue weighted by Gasteiger charge is 2.26. The van der Waals surface area contributed by atoms with Crippen molar-refractivity contribution in [2.75, 3.05) is 0 Å². The first kappa shape index (κ1) is 11.8. The number of halogens is 1. The lowest BCUT2D eigenvalue weighted by molar-refractivity contribution is 0.0936. The van der Waals surface area contributed by atoms with Crippen LogP contribution in [0.2, 0.25) is 0 Å². The average molecular weight is 256 g/mol. The fraction of sp³-hybridized carbons (Fsp3) is 0.200. The van der Waals surface area contributed by atoms with Gasteiger partial charge in [-0.3, -0.25) is 9.78 Å². The summed E-state index contributed by atoms with van der Waals surface area (Å²) in [5.74, 6) is -0.356. The fourth-order valence-corrected chi connectivity index (χ4v) is 2.50. The van der Waals surface area contributed by atoms with E-state index in [0.717, 1.165) is 17.5 Å². The molecule has 0 spiro atoms. The van der Waals surface area contributed by atoms with Crippen molar-refractivity contribution in [1.29, 1.82) is 0 Å². The van der Waals surface area contributed by atoms with Gasteiger partial charge in [-0.1, -0.05) is 12.1 Å². The SMILES string of the molecule is O=C(N[C@@H]1CCc2c(F)cccc21)c1cccnc1. The number of carbonyl (C=O) groups is 1. The van der Waals surface area contributed by atoms with Gasteiger partial charge in [-0.05, 0) is 42.2 Å². The Balaban J connectivity index is 1.80. The Hall–Kier alpha value is -2.23. The molecular weight excluding hydrogens is 243 g/mol. The van der Waals surface area contributed by atoms with E-state index in [4.69, 9.17) is 0 Å². The Morgan fingerprint density at radius 1 is 1.32 bits per heavy atom. The van der Waals surface area contributed by atoms with E-state index in [9.17, 15) is 9.18 Å². The van der Waals surface area contributed by atoms with Gasteiger partial charge in [0, 0.05) is 12.4 Å². The highest BCUT2D eigenvalue weighted by Crippen LogP contribution is 2.32. The van der Waals surface area contributed by atoms with E-state index in [1.165, 1.54) is 12.3 Å². The molecule has 1 heterocycles. The number of nitrogens with one attached hydrogen (secondary N) is 1. The zero-order valence-electron chi connectivity index (χ0n) is 10.3. The lowest BCUT2D eigenvalue weighted by Gasteiger charge is -2.14. The molecule has 1 amide bonds. The average Bonchev–Trinajstić information content (AvgIpc) is 2.84. The molecule has 0 fully saturated rings. The largest absolute Gasteiger partial charge is 0.345 e. The first-order valence-corrected chi connectivity index (χ1v) is 6.24. The van der Waals surface area contributed by atoms with Crippen LogP contribution in [0, 0.1) is 5.82 Å². The van der Waals surface area contributed by atoms with Crippen molar-refractivity contribution in [2.24, 2.45) is 0 Å². The maximum absolute atomic E-state index is 13.6. The monoisotopic (exact) mass is 256 g/mol. The number of hydrogen-bond donors (Lipinski definition) is 1. The standard InChI is InChI=1S/C15H13FN2O/c16-13-5-1-4-12-11(13)6-7-14(12)18-15(19)10-3-2-8-17-9-10/h1-5,8-9,14H,6-7H2,(H,18,19)/t14-/m1/s1. The summed E-state index contributed by atoms with van der Waals surface area (Å²) in [4.78, 5) is 16.0. The summed E-state index contributed by atoms with van der Waals surface area (Å²) in [7, 11) is 0. The molecule has 4 heteroatoms. The minimum Gasteiger partial charge on any atom is -0.345 e. The Bertz CT molecular complexity index is 613. The fourth-order valence-electron chi connectivity index (χ4n) is 2.50. The van der Waals surface area contributed by atoms with E-state index in [-0.39, 0.29) is 17.8 Å². The van der Waals surface area contributed by atoms with Gasteiger partial charge in [0.05, 0.1) is 11.6 Å². The minimum atomic E-state index is -0.185. The van der Waals surface area contributed by atoms with Crippen LogP contribution in [0.25, 0.3) is 0 Å². The zero-order valence-corrected chi connectivity index (χ0v) is 10.3. The number of benzene rings is 1. The van der Waals surface area contributed by atoms with Crippen molar-refractivity contribution < 1.29 is 9.18 Å². The molecule has 1 aliphatic carbocycles. The van der Waals surface area contributed by atoms with Gasteiger partial charge in [-0.15, -0.1) is 0 Å². The minimum absolute atomic E-state index is 0.113. The maximum atomic E-state index is 13.6. The summed E-state index contributed by atoms with van der Waals surface area (Å²) in [5, 5.41) is 2.93. The van der Waals surface area contributed by atoms with Crippen LogP contribution in [0.5, 0.6) is 0 Å². The van der Waals surface area contributed by atoms with Crippen LogP contribution in [0.15, 0.2) is 42.7 Å². The van der Waals surface area contributed by atoms with Crippen LogP contribution < -0.4 is 5.32 Å². The van der Waals surface area contributed by atoms with Gasteiger partial charge in [-0.2, -0.15) is 0 Å². The van der Waals surface area contributed by atoms with Crippen molar-refractivity contribution in [3.8, 4) is 0 Å². The Morgan fingerprint density at radius 2 is 2.21 bits per heavy atom. The number of carbonyl (C=O) groups excluding carboxylic acids is 1. The third kappa shape index (κ3) is 2.21. The number of amides is 1. The lowest BCUT2D eigenvalue weighted by atomic mass is 10.1. The first-order chi connectivity index (χ1) is 9.25. The van der Waals surface area contributed by atoms with E-state index in [1.807, 2.05) is 6.07 Å². The second kappa shape index (κ2) is 4.80. The van der Waals surface area contributed by atoms with E-state index >= 15 is 0 Å². The number of nitrogens with zero attached hydrogens (tertiary/aromatic N) is 1. The van der Waals surface area contributed by atoms with Crippen LogP contribution >= 0.6 is 0 Å². The van der Waals surface area contributed by atoms with E-state index in [0.29, 0.717) is 12.0 Å². The van der Waals surface area contributed by atoms with E-state index in [2.05, 4.69) is 10.3 Å². The maximum Gasteiger partial charge on any atom is 0.253 e. The van der Waals surface area contributed by atoms with Crippen molar-refractivity contribution in [2.45, 2.75) is 18.9 Å². The van der Waals surface area contributed by atoms with Crippen molar-refractivity contribution >= 4 is 5.91 Å². The molecule has 0 radical (unpaired) electrons. The molecule has 1 aliphatic rings. The Kier molecular flexibility index (Phi) is 2.99. The summed E-state index contributed by atoms with van der Waals surface area (Å²) in [5.41, 5.74) is 2.13. The number of rotatable bonds is 2. The molecular formula is C15H13FN2O. The van der Waals surface area contributed by atoms with Gasteiger partial charge in [0.2, 0.25) is 0 Å². The summed E-state index contributed by atoms with van der Waals surface area (Å²) < 4.78 is 13.6. The molecule has 0 bridgehead atoms. The molecule has 1 aromatic carbocycles. The quantitative estimate of drug-likeness (QED) is 0.897. The summed E-state index contributed by atoms with van der Waals surface area (Å²) in [6.07, 6.45) is 4.55. The molecule has 1 aromatic heterocycles. The molecule has 0 unspecified atom stereocenters. The number of aromatic nitrogens is 1. The molecule has 1 N–H and O–H groups in total. The van der Waals surface area contributed by atoms with Gasteiger partial charge in [0.1, 0.15) is 5.82 Å². The Morgan fingerprint density at radius 3 is 3.00 bits per heavy atom. The van der Waals surface area contributed by atoms with Crippen molar-refractivity contribution in [1.82, 2.24) is 10.3 Å². The molecule has 0 aliphatic heterocycles. The van der Waals surface area contributed by atoms with Crippen LogP contribution in [0.4, 0.5) is 4.39 Å². The third-order valence-corrected chi connectivity index (χ3v) is 3.44. The topological polar surface area (TPSA) is 42.0 Å². The predicted molar refractivity (Wildman–Crippen MR) is 69.2 cm³/mol. The number of hydrogen-bond acceptors (Lipinski definition) is 2. The summed E-state index contributed by atoms with van der Waals surface area (Å²) in [6, 6.07) is 8.34. The highest BCUT2D eigenvalue weighted by atomic mass is 19.1. The third-order valence-electron chi connectivity index (χ3n) is 3.44. The molecule has 1 atom stereocenters. The second-order valence-electron chi connectivity index (χ2n) is 4.61. The number of pyridine rings is 1. The van der Waals surface area contributed by atoms with Crippen LogP contribution in [-0.4, -0.2) is 10.9 Å². The van der Waals surface area contributed by atoms with Gasteiger partial charge in [0.25, 0.3) is 5.91 Å². The number of fused-ring (bicyclic) bond motifs is 1. The normalized spacial score (nSPS) is 17.0. The van der Waals surface area contributed by atoms with Gasteiger partial charge < -0.3 is 5.32 Å². The zero-order chi connectivity index (χ0) is 13.2. The van der Waals surface area contributed by atoms with Crippen molar-refractivity contribution in [3.63, 3.8) is 0 Å². The summed E-state index contributed by atoms with van der Waals surface area (Å²) >= 11 is 0. The smallest absolute Gasteiger partial charge is 0.253 e. The molecule has 2 aromatic rings. The summed E-state index contributed by atoms with van der Waals surface area (Å²) in [6.45, 7) is 0. The predicted octanol–water partition coefficient (Wildman–Crippen LogP) is 2.64. The van der Waals surface area contributed by atoms with Crippen LogP contribution in [0.1, 0.15) is 33.9 Å². The van der Waals surface area contributed by atoms with Crippen LogP contribution in [-0.2, 0) is 6.42 Å². The lowest BCUT2D eigenvalue weighted by Crippen LogP contribution is -2.27. The molecule has 19 heavy (non-hydrogen) atoms. The molecule has 96 valence electrons. The molecule has 3 nitrogen and oxygen atoms in total. The van der Waals surface area contributed by atoms with E-state index < -0.39 is 0 Å². The van der Waals surface area contributed by atoms with Crippen molar-refractivity contribution in [3.05, 3.63) is 65.2 Å². The first-order valence-electron chi connectivity index (χ1n) is 6.24. The van der Waals surface area contributed by atoms with E-state index in [1.54, 1.807) is 24.4 Å². The highest BCUT2D eigenvalue weighted by molar-refractivity contribution is 5.94. The van der Waals surface area contributed by atoms with Crippen LogP contribution in [0.3, 0.4) is 0 Å². The second-order valence-corrected chi connectivity index (χ2v) is 4.61. The molecule has 0 saturated carbocycles. The van der Waals surface area contributed by atoms with Gasteiger partial charge >= 0.3 is 0 Å². The van der Waals surface area contributed by atoms with Gasteiger partial charge in [-0.25, -0.2) is 4.39 Å². The Labute approximate surface area is 110 Å². The molecule has 0 saturated heterocycles. The van der Waals surface area contributed by atoms with Gasteiger partial charge in [0.15, 0.2) is 0 Å².